The van der Waals surface area contributed by atoms with Gasteiger partial charge in [0.1, 0.15) is 6.33 Å². The number of hydrogen-bond acceptors (Lipinski definition) is 5. The number of amides is 1. The van der Waals surface area contributed by atoms with Crippen LogP contribution in [0.5, 0.6) is 0 Å². The largest absolute Gasteiger partial charge is 0.355 e. The fourth-order valence-electron chi connectivity index (χ4n) is 2.65. The molecule has 8 heteroatoms. The third-order valence-electron chi connectivity index (χ3n) is 4.07. The van der Waals surface area contributed by atoms with Crippen molar-refractivity contribution in [3.63, 3.8) is 0 Å². The fourth-order valence-corrected chi connectivity index (χ4v) is 2.87. The van der Waals surface area contributed by atoms with E-state index in [4.69, 9.17) is 16.1 Å². The molecule has 0 aliphatic heterocycles. The van der Waals surface area contributed by atoms with Crippen molar-refractivity contribution in [1.82, 2.24) is 19.9 Å². The molecule has 1 amide bonds. The molecule has 2 aromatic carbocycles. The molecule has 0 aliphatic carbocycles. The lowest BCUT2D eigenvalue weighted by Crippen LogP contribution is -2.13. The molecular formula is C20H16ClN5O2. The van der Waals surface area contributed by atoms with Crippen LogP contribution in [0.15, 0.2) is 65.4 Å². The zero-order valence-corrected chi connectivity index (χ0v) is 15.7. The third-order valence-corrected chi connectivity index (χ3v) is 4.31. The lowest BCUT2D eigenvalue weighted by atomic mass is 10.1. The molecule has 0 saturated carbocycles. The van der Waals surface area contributed by atoms with Crippen LogP contribution in [0, 0.1) is 6.92 Å². The molecule has 4 aromatic rings. The van der Waals surface area contributed by atoms with Gasteiger partial charge in [-0.15, -0.1) is 5.10 Å². The average molecular weight is 394 g/mol. The zero-order valence-electron chi connectivity index (χ0n) is 15.0. The molecule has 0 saturated heterocycles. The van der Waals surface area contributed by atoms with Crippen LogP contribution in [-0.2, 0) is 6.54 Å². The molecule has 2 heterocycles. The third kappa shape index (κ3) is 4.10. The molecule has 0 unspecified atom stereocenters. The van der Waals surface area contributed by atoms with Crippen molar-refractivity contribution in [3.05, 3.63) is 82.8 Å². The van der Waals surface area contributed by atoms with Crippen LogP contribution in [-0.4, -0.2) is 25.8 Å². The molecule has 4 rings (SSSR count). The minimum Gasteiger partial charge on any atom is -0.355 e. The highest BCUT2D eigenvalue weighted by Gasteiger charge is 2.15. The number of carbonyl (C=O) groups excluding carboxylic acids is 1. The van der Waals surface area contributed by atoms with Gasteiger partial charge in [0.15, 0.2) is 11.5 Å². The van der Waals surface area contributed by atoms with Gasteiger partial charge in [0.25, 0.3) is 5.91 Å². The second-order valence-corrected chi connectivity index (χ2v) is 6.73. The van der Waals surface area contributed by atoms with E-state index in [2.05, 4.69) is 20.6 Å². The van der Waals surface area contributed by atoms with E-state index < -0.39 is 5.91 Å². The van der Waals surface area contributed by atoms with Crippen molar-refractivity contribution in [2.24, 2.45) is 0 Å². The van der Waals surface area contributed by atoms with Gasteiger partial charge in [0.2, 0.25) is 5.95 Å². The summed E-state index contributed by atoms with van der Waals surface area (Å²) in [7, 11) is 0. The number of nitrogens with one attached hydrogen (secondary N) is 1. The molecule has 0 spiro atoms. The van der Waals surface area contributed by atoms with Gasteiger partial charge in [-0.25, -0.2) is 9.67 Å². The van der Waals surface area contributed by atoms with Crippen LogP contribution in [0.1, 0.15) is 21.6 Å². The average Bonchev–Trinajstić information content (AvgIpc) is 3.32. The first-order valence-corrected chi connectivity index (χ1v) is 8.93. The van der Waals surface area contributed by atoms with Crippen LogP contribution in [0.3, 0.4) is 0 Å². The maximum absolute atomic E-state index is 12.4. The minimum absolute atomic E-state index is 0.154. The van der Waals surface area contributed by atoms with Gasteiger partial charge in [-0.1, -0.05) is 58.7 Å². The standard InChI is InChI=1S/C20H16ClN5O2/c1-13-5-7-15(8-6-13)18-10-17(25-28-18)19(27)23-20-22-12-26(24-20)11-14-3-2-4-16(21)9-14/h2-10,12H,11H2,1H3,(H,23,24,27). The Bertz CT molecular complexity index is 1120. The Labute approximate surface area is 166 Å². The van der Waals surface area contributed by atoms with E-state index >= 15 is 0 Å². The first kappa shape index (κ1) is 17.9. The number of aromatic nitrogens is 4. The van der Waals surface area contributed by atoms with E-state index in [9.17, 15) is 4.79 Å². The number of aryl methyl sites for hydroxylation is 1. The second-order valence-electron chi connectivity index (χ2n) is 6.29. The van der Waals surface area contributed by atoms with Crippen LogP contribution in [0.2, 0.25) is 5.02 Å². The van der Waals surface area contributed by atoms with Crippen molar-refractivity contribution >= 4 is 23.5 Å². The summed E-state index contributed by atoms with van der Waals surface area (Å²) in [5.41, 5.74) is 3.12. The van der Waals surface area contributed by atoms with Crippen LogP contribution in [0.4, 0.5) is 5.95 Å². The van der Waals surface area contributed by atoms with Gasteiger partial charge in [0, 0.05) is 16.7 Å². The van der Waals surface area contributed by atoms with Gasteiger partial charge in [-0.3, -0.25) is 10.1 Å². The summed E-state index contributed by atoms with van der Waals surface area (Å²) in [6.45, 7) is 2.49. The van der Waals surface area contributed by atoms with Gasteiger partial charge in [-0.2, -0.15) is 0 Å². The fraction of sp³-hybridized carbons (Fsp3) is 0.100. The number of hydrogen-bond donors (Lipinski definition) is 1. The van der Waals surface area contributed by atoms with Crippen molar-refractivity contribution in [1.29, 1.82) is 0 Å². The Morgan fingerprint density at radius 2 is 2.00 bits per heavy atom. The highest BCUT2D eigenvalue weighted by molar-refractivity contribution is 6.30. The molecule has 1 N–H and O–H groups in total. The van der Waals surface area contributed by atoms with Crippen LogP contribution < -0.4 is 5.32 Å². The summed E-state index contributed by atoms with van der Waals surface area (Å²) in [4.78, 5) is 16.5. The first-order chi connectivity index (χ1) is 13.6. The van der Waals surface area contributed by atoms with Gasteiger partial charge >= 0.3 is 0 Å². The SMILES string of the molecule is Cc1ccc(-c2cc(C(=O)Nc3ncn(Cc4cccc(Cl)c4)n3)no2)cc1. The predicted octanol–water partition coefficient (Wildman–Crippen LogP) is 4.20. The highest BCUT2D eigenvalue weighted by atomic mass is 35.5. The number of anilines is 1. The van der Waals surface area contributed by atoms with Crippen molar-refractivity contribution in [2.75, 3.05) is 5.32 Å². The Hall–Kier alpha value is -3.45. The second kappa shape index (κ2) is 7.66. The van der Waals surface area contributed by atoms with E-state index in [1.165, 1.54) is 6.33 Å². The van der Waals surface area contributed by atoms with E-state index in [0.29, 0.717) is 17.3 Å². The Morgan fingerprint density at radius 1 is 1.18 bits per heavy atom. The maximum Gasteiger partial charge on any atom is 0.280 e. The van der Waals surface area contributed by atoms with Crippen molar-refractivity contribution in [3.8, 4) is 11.3 Å². The number of rotatable bonds is 5. The molecule has 0 atom stereocenters. The molecule has 0 aliphatic rings. The summed E-state index contributed by atoms with van der Waals surface area (Å²) in [5.74, 6) is 0.263. The Kier molecular flexibility index (Phi) is 4.90. The maximum atomic E-state index is 12.4. The first-order valence-electron chi connectivity index (χ1n) is 8.56. The molecule has 0 bridgehead atoms. The highest BCUT2D eigenvalue weighted by Crippen LogP contribution is 2.21. The lowest BCUT2D eigenvalue weighted by Gasteiger charge is -2.01. The summed E-state index contributed by atoms with van der Waals surface area (Å²) < 4.78 is 6.89. The van der Waals surface area contributed by atoms with E-state index in [-0.39, 0.29) is 11.6 Å². The minimum atomic E-state index is -0.442. The topological polar surface area (TPSA) is 85.8 Å². The zero-order chi connectivity index (χ0) is 19.5. The summed E-state index contributed by atoms with van der Waals surface area (Å²) >= 11 is 5.99. The van der Waals surface area contributed by atoms with E-state index in [1.54, 1.807) is 16.8 Å². The van der Waals surface area contributed by atoms with Gasteiger partial charge < -0.3 is 4.52 Å². The summed E-state index contributed by atoms with van der Waals surface area (Å²) in [6, 6.07) is 16.8. The van der Waals surface area contributed by atoms with Crippen molar-refractivity contribution in [2.45, 2.75) is 13.5 Å². The number of nitrogens with zero attached hydrogens (tertiary/aromatic N) is 4. The molecule has 7 nitrogen and oxygen atoms in total. The normalized spacial score (nSPS) is 10.8. The molecule has 140 valence electrons. The molecule has 0 radical (unpaired) electrons. The predicted molar refractivity (Wildman–Crippen MR) is 105 cm³/mol. The Morgan fingerprint density at radius 3 is 2.79 bits per heavy atom. The Balaban J connectivity index is 1.43. The van der Waals surface area contributed by atoms with Gasteiger partial charge in [0.05, 0.1) is 6.54 Å². The smallest absolute Gasteiger partial charge is 0.280 e. The lowest BCUT2D eigenvalue weighted by molar-refractivity contribution is 0.101. The molecule has 2 aromatic heterocycles. The van der Waals surface area contributed by atoms with Crippen LogP contribution in [0.25, 0.3) is 11.3 Å². The molecule has 28 heavy (non-hydrogen) atoms. The van der Waals surface area contributed by atoms with Crippen LogP contribution >= 0.6 is 11.6 Å². The molecular weight excluding hydrogens is 378 g/mol. The quantitative estimate of drug-likeness (QED) is 0.549. The number of benzene rings is 2. The van der Waals surface area contributed by atoms with E-state index in [0.717, 1.165) is 16.7 Å². The van der Waals surface area contributed by atoms with E-state index in [1.807, 2.05) is 49.4 Å². The monoisotopic (exact) mass is 393 g/mol. The van der Waals surface area contributed by atoms with Gasteiger partial charge in [-0.05, 0) is 24.6 Å². The summed E-state index contributed by atoms with van der Waals surface area (Å²) in [6.07, 6.45) is 1.54. The number of halogens is 1. The number of carbonyl (C=O) groups is 1. The summed E-state index contributed by atoms with van der Waals surface area (Å²) in [5, 5.41) is 11.4. The van der Waals surface area contributed by atoms with Crippen molar-refractivity contribution < 1.29 is 9.32 Å². The molecule has 0 fully saturated rings.